The highest BCUT2D eigenvalue weighted by Gasteiger charge is 2.36. The maximum atomic E-state index is 12.0. The molecule has 0 spiro atoms. The zero-order valence-corrected chi connectivity index (χ0v) is 11.6. The first-order valence-electron chi connectivity index (χ1n) is 6.79. The Morgan fingerprint density at radius 2 is 2.00 bits per heavy atom. The second-order valence-electron chi connectivity index (χ2n) is 5.50. The van der Waals surface area contributed by atoms with E-state index in [1.165, 1.54) is 12.4 Å². The van der Waals surface area contributed by atoms with Gasteiger partial charge in [-0.05, 0) is 25.2 Å². The van der Waals surface area contributed by atoms with E-state index in [2.05, 4.69) is 15.3 Å². The van der Waals surface area contributed by atoms with Gasteiger partial charge in [0.15, 0.2) is 0 Å². The fourth-order valence-electron chi connectivity index (χ4n) is 2.73. The van der Waals surface area contributed by atoms with E-state index >= 15 is 0 Å². The van der Waals surface area contributed by atoms with Crippen LogP contribution < -0.4 is 5.32 Å². The maximum Gasteiger partial charge on any atom is 0.303 e. The fraction of sp³-hybridized carbons (Fsp3) is 0.571. The van der Waals surface area contributed by atoms with E-state index in [4.69, 9.17) is 5.11 Å². The maximum absolute atomic E-state index is 12.0. The van der Waals surface area contributed by atoms with Crippen LogP contribution in [0.3, 0.4) is 0 Å². The zero-order valence-electron chi connectivity index (χ0n) is 11.6. The van der Waals surface area contributed by atoms with Crippen molar-refractivity contribution in [3.05, 3.63) is 23.8 Å². The molecular weight excluding hydrogens is 258 g/mol. The van der Waals surface area contributed by atoms with Crippen LogP contribution in [0.2, 0.25) is 0 Å². The first kappa shape index (κ1) is 14.4. The lowest BCUT2D eigenvalue weighted by Gasteiger charge is -2.27. The summed E-state index contributed by atoms with van der Waals surface area (Å²) in [6, 6.07) is 0. The number of aromatic nitrogens is 2. The Balaban J connectivity index is 1.97. The van der Waals surface area contributed by atoms with Gasteiger partial charge in [0.05, 0.1) is 18.3 Å². The summed E-state index contributed by atoms with van der Waals surface area (Å²) in [5, 5.41) is 11.8. The topological polar surface area (TPSA) is 92.2 Å². The summed E-state index contributed by atoms with van der Waals surface area (Å²) in [7, 11) is 0. The molecule has 0 aromatic carbocycles. The van der Waals surface area contributed by atoms with Crippen molar-refractivity contribution in [3.63, 3.8) is 0 Å². The molecule has 6 nitrogen and oxygen atoms in total. The SMILES string of the molecule is Cc1cnc(C(=O)NCC2(CC(=O)O)CCCC2)cn1. The van der Waals surface area contributed by atoms with E-state index in [9.17, 15) is 9.59 Å². The predicted molar refractivity (Wildman–Crippen MR) is 72.3 cm³/mol. The fourth-order valence-corrected chi connectivity index (χ4v) is 2.73. The molecule has 2 N–H and O–H groups in total. The Hall–Kier alpha value is -1.98. The molecule has 0 unspecified atom stereocenters. The van der Waals surface area contributed by atoms with Crippen LogP contribution in [0.1, 0.15) is 48.3 Å². The lowest BCUT2D eigenvalue weighted by molar-refractivity contribution is -0.139. The van der Waals surface area contributed by atoms with Crippen LogP contribution in [-0.4, -0.2) is 33.5 Å². The number of hydrogen-bond donors (Lipinski definition) is 2. The van der Waals surface area contributed by atoms with Crippen molar-refractivity contribution in [1.29, 1.82) is 0 Å². The predicted octanol–water partition coefficient (Wildman–Crippen LogP) is 1.55. The number of carboxylic acids is 1. The van der Waals surface area contributed by atoms with Gasteiger partial charge in [0, 0.05) is 12.7 Å². The Morgan fingerprint density at radius 3 is 2.55 bits per heavy atom. The molecule has 0 aliphatic heterocycles. The normalized spacial score (nSPS) is 16.9. The standard InChI is InChI=1S/C14H19N3O3/c1-10-7-16-11(8-15-10)13(20)17-9-14(6-12(18)19)4-2-3-5-14/h7-8H,2-6,9H2,1H3,(H,17,20)(H,18,19). The van der Waals surface area contributed by atoms with Crippen LogP contribution in [0.4, 0.5) is 0 Å². The second-order valence-corrected chi connectivity index (χ2v) is 5.50. The molecule has 1 aromatic heterocycles. The lowest BCUT2D eigenvalue weighted by atomic mass is 9.82. The Kier molecular flexibility index (Phi) is 4.32. The molecule has 108 valence electrons. The van der Waals surface area contributed by atoms with Gasteiger partial charge in [0.2, 0.25) is 0 Å². The van der Waals surface area contributed by atoms with Gasteiger partial charge in [-0.25, -0.2) is 4.98 Å². The van der Waals surface area contributed by atoms with Gasteiger partial charge >= 0.3 is 5.97 Å². The van der Waals surface area contributed by atoms with E-state index in [1.807, 2.05) is 0 Å². The molecule has 0 bridgehead atoms. The van der Waals surface area contributed by atoms with Gasteiger partial charge in [-0.3, -0.25) is 14.6 Å². The third-order valence-electron chi connectivity index (χ3n) is 3.83. The summed E-state index contributed by atoms with van der Waals surface area (Å²) in [6.45, 7) is 2.18. The van der Waals surface area contributed by atoms with Crippen molar-refractivity contribution >= 4 is 11.9 Å². The number of aliphatic carboxylic acids is 1. The van der Waals surface area contributed by atoms with Crippen molar-refractivity contribution in [2.45, 2.75) is 39.0 Å². The summed E-state index contributed by atoms with van der Waals surface area (Å²) in [4.78, 5) is 31.0. The minimum absolute atomic E-state index is 0.104. The molecule has 1 amide bonds. The van der Waals surface area contributed by atoms with Crippen molar-refractivity contribution in [2.75, 3.05) is 6.54 Å². The highest BCUT2D eigenvalue weighted by Crippen LogP contribution is 2.40. The highest BCUT2D eigenvalue weighted by atomic mass is 16.4. The third-order valence-corrected chi connectivity index (χ3v) is 3.83. The minimum Gasteiger partial charge on any atom is -0.481 e. The molecule has 0 atom stereocenters. The summed E-state index contributed by atoms with van der Waals surface area (Å²) >= 11 is 0. The number of nitrogens with zero attached hydrogens (tertiary/aromatic N) is 2. The Bertz CT molecular complexity index is 493. The van der Waals surface area contributed by atoms with E-state index in [1.54, 1.807) is 6.92 Å². The molecule has 1 heterocycles. The molecule has 1 aliphatic rings. The van der Waals surface area contributed by atoms with Gasteiger partial charge in [-0.1, -0.05) is 12.8 Å². The molecule has 1 saturated carbocycles. The second kappa shape index (κ2) is 5.98. The monoisotopic (exact) mass is 277 g/mol. The van der Waals surface area contributed by atoms with Crippen LogP contribution in [0, 0.1) is 12.3 Å². The summed E-state index contributed by atoms with van der Waals surface area (Å²) in [5.41, 5.74) is 0.707. The van der Waals surface area contributed by atoms with E-state index in [0.29, 0.717) is 6.54 Å². The highest BCUT2D eigenvalue weighted by molar-refractivity contribution is 5.91. The summed E-state index contributed by atoms with van der Waals surface area (Å²) in [6.07, 6.45) is 6.81. The van der Waals surface area contributed by atoms with Gasteiger partial charge in [0.25, 0.3) is 5.91 Å². The van der Waals surface area contributed by atoms with Gasteiger partial charge in [-0.15, -0.1) is 0 Å². The molecule has 2 rings (SSSR count). The quantitative estimate of drug-likeness (QED) is 0.852. The average molecular weight is 277 g/mol. The molecule has 1 aromatic rings. The van der Waals surface area contributed by atoms with Gasteiger partial charge in [0.1, 0.15) is 5.69 Å². The average Bonchev–Trinajstić information content (AvgIpc) is 2.85. The number of carbonyl (C=O) groups excluding carboxylic acids is 1. The first-order valence-corrected chi connectivity index (χ1v) is 6.79. The van der Waals surface area contributed by atoms with Crippen LogP contribution in [0.15, 0.2) is 12.4 Å². The number of carboxylic acid groups (broad SMARTS) is 1. The number of hydrogen-bond acceptors (Lipinski definition) is 4. The molecule has 0 saturated heterocycles. The number of amides is 1. The van der Waals surface area contributed by atoms with Gasteiger partial charge in [-0.2, -0.15) is 0 Å². The lowest BCUT2D eigenvalue weighted by Crippen LogP contribution is -2.37. The molecule has 0 radical (unpaired) electrons. The van der Waals surface area contributed by atoms with Crippen molar-refractivity contribution in [2.24, 2.45) is 5.41 Å². The molecule has 1 fully saturated rings. The Labute approximate surface area is 117 Å². The summed E-state index contributed by atoms with van der Waals surface area (Å²) < 4.78 is 0. The largest absolute Gasteiger partial charge is 0.481 e. The van der Waals surface area contributed by atoms with E-state index in [-0.39, 0.29) is 23.4 Å². The van der Waals surface area contributed by atoms with Crippen LogP contribution in [0.25, 0.3) is 0 Å². The zero-order chi connectivity index (χ0) is 14.6. The first-order chi connectivity index (χ1) is 9.51. The van der Waals surface area contributed by atoms with E-state index in [0.717, 1.165) is 31.4 Å². The smallest absolute Gasteiger partial charge is 0.303 e. The molecule has 1 aliphatic carbocycles. The summed E-state index contributed by atoms with van der Waals surface area (Å²) in [5.74, 6) is -1.11. The minimum atomic E-state index is -0.809. The number of nitrogens with one attached hydrogen (secondary N) is 1. The van der Waals surface area contributed by atoms with Crippen molar-refractivity contribution in [1.82, 2.24) is 15.3 Å². The Morgan fingerprint density at radius 1 is 1.30 bits per heavy atom. The van der Waals surface area contributed by atoms with Crippen molar-refractivity contribution < 1.29 is 14.7 Å². The van der Waals surface area contributed by atoms with Crippen LogP contribution in [0.5, 0.6) is 0 Å². The number of carbonyl (C=O) groups is 2. The third kappa shape index (κ3) is 3.53. The molecule has 20 heavy (non-hydrogen) atoms. The van der Waals surface area contributed by atoms with Crippen molar-refractivity contribution in [3.8, 4) is 0 Å². The van der Waals surface area contributed by atoms with E-state index < -0.39 is 5.97 Å². The van der Waals surface area contributed by atoms with Crippen LogP contribution in [-0.2, 0) is 4.79 Å². The molecular formula is C14H19N3O3. The number of aryl methyl sites for hydroxylation is 1. The van der Waals surface area contributed by atoms with Gasteiger partial charge < -0.3 is 10.4 Å². The van der Waals surface area contributed by atoms with Crippen LogP contribution >= 0.6 is 0 Å². The molecule has 6 heteroatoms. The number of rotatable bonds is 5.